The van der Waals surface area contributed by atoms with Crippen molar-refractivity contribution in [1.29, 1.82) is 0 Å². The maximum absolute atomic E-state index is 9.47. The summed E-state index contributed by atoms with van der Waals surface area (Å²) in [4.78, 5) is 0. The molecule has 0 aliphatic rings. The molecule has 0 fully saturated rings. The smallest absolute Gasteiger partial charge is 0.200 e. The van der Waals surface area contributed by atoms with E-state index in [1.54, 1.807) is 0 Å². The van der Waals surface area contributed by atoms with Crippen LogP contribution < -0.4 is 0 Å². The molecule has 0 atom stereocenters. The van der Waals surface area contributed by atoms with Crippen molar-refractivity contribution < 1.29 is 15.3 Å². The van der Waals surface area contributed by atoms with Crippen LogP contribution in [0.1, 0.15) is 5.56 Å². The highest BCUT2D eigenvalue weighted by Gasteiger charge is 2.08. The van der Waals surface area contributed by atoms with Gasteiger partial charge in [0.2, 0.25) is 5.75 Å². The minimum absolute atomic E-state index is 0.268. The molecular weight excluding hydrogens is 212 g/mol. The third kappa shape index (κ3) is 1.78. The van der Waals surface area contributed by atoms with Crippen LogP contribution in [0.15, 0.2) is 29.9 Å². The number of rotatable bonds is 2. The van der Waals surface area contributed by atoms with Gasteiger partial charge in [-0.2, -0.15) is 5.10 Å². The van der Waals surface area contributed by atoms with E-state index >= 15 is 0 Å². The van der Waals surface area contributed by atoms with E-state index in [9.17, 15) is 10.2 Å². The summed E-state index contributed by atoms with van der Waals surface area (Å²) in [7, 11) is 0. The minimum atomic E-state index is -0.576. The maximum Gasteiger partial charge on any atom is 0.200 e. The largest absolute Gasteiger partial charge is 0.504 e. The van der Waals surface area contributed by atoms with E-state index in [4.69, 9.17) is 5.11 Å². The van der Waals surface area contributed by atoms with E-state index < -0.39 is 11.5 Å². The molecule has 16 heavy (non-hydrogen) atoms. The van der Waals surface area contributed by atoms with Crippen LogP contribution in [0.4, 0.5) is 0 Å². The molecule has 0 aliphatic heterocycles. The monoisotopic (exact) mass is 220 g/mol. The molecule has 0 saturated heterocycles. The molecule has 0 amide bonds. The number of aromatic hydroxyl groups is 3. The molecule has 7 nitrogen and oxygen atoms in total. The van der Waals surface area contributed by atoms with Crippen molar-refractivity contribution >= 4 is 6.21 Å². The Morgan fingerprint density at radius 3 is 2.44 bits per heavy atom. The highest BCUT2D eigenvalue weighted by Crippen LogP contribution is 2.36. The number of phenolic OH excluding ortho intramolecular Hbond substituents is 3. The SMILES string of the molecule is Oc1ccc(/C=N\n2cnnc2)c(O)c1O. The first-order valence-corrected chi connectivity index (χ1v) is 4.31. The minimum Gasteiger partial charge on any atom is -0.504 e. The third-order valence-corrected chi connectivity index (χ3v) is 1.90. The van der Waals surface area contributed by atoms with Crippen molar-refractivity contribution in [3.05, 3.63) is 30.4 Å². The Morgan fingerprint density at radius 1 is 1.06 bits per heavy atom. The van der Waals surface area contributed by atoms with Gasteiger partial charge in [-0.05, 0) is 12.1 Å². The van der Waals surface area contributed by atoms with Crippen molar-refractivity contribution in [1.82, 2.24) is 14.9 Å². The summed E-state index contributed by atoms with van der Waals surface area (Å²) < 4.78 is 1.32. The number of phenols is 3. The number of benzene rings is 1. The summed E-state index contributed by atoms with van der Waals surface area (Å²) in [6, 6.07) is 2.67. The van der Waals surface area contributed by atoms with Crippen LogP contribution in [0.3, 0.4) is 0 Å². The lowest BCUT2D eigenvalue weighted by atomic mass is 10.2. The van der Waals surface area contributed by atoms with Gasteiger partial charge in [0.15, 0.2) is 11.5 Å². The van der Waals surface area contributed by atoms with Crippen LogP contribution in [-0.2, 0) is 0 Å². The Balaban J connectivity index is 2.32. The number of hydrogen-bond acceptors (Lipinski definition) is 6. The Hall–Kier alpha value is -2.57. The summed E-state index contributed by atoms with van der Waals surface area (Å²) in [5.74, 6) is -1.40. The fraction of sp³-hybridized carbons (Fsp3) is 0. The zero-order valence-electron chi connectivity index (χ0n) is 8.02. The number of hydrogen-bond donors (Lipinski definition) is 3. The van der Waals surface area contributed by atoms with E-state index in [0.29, 0.717) is 0 Å². The Bertz CT molecular complexity index is 522. The van der Waals surface area contributed by atoms with Gasteiger partial charge in [0.1, 0.15) is 12.7 Å². The normalized spacial score (nSPS) is 11.0. The van der Waals surface area contributed by atoms with E-state index in [1.807, 2.05) is 0 Å². The second-order valence-corrected chi connectivity index (χ2v) is 2.96. The van der Waals surface area contributed by atoms with Gasteiger partial charge in [0, 0.05) is 5.56 Å². The van der Waals surface area contributed by atoms with Gasteiger partial charge in [-0.15, -0.1) is 10.2 Å². The number of aromatic nitrogens is 3. The molecule has 0 aliphatic carbocycles. The molecule has 1 heterocycles. The fourth-order valence-corrected chi connectivity index (χ4v) is 1.07. The Morgan fingerprint density at radius 2 is 1.75 bits per heavy atom. The molecule has 0 unspecified atom stereocenters. The lowest BCUT2D eigenvalue weighted by Crippen LogP contribution is -1.88. The third-order valence-electron chi connectivity index (χ3n) is 1.90. The van der Waals surface area contributed by atoms with Gasteiger partial charge >= 0.3 is 0 Å². The first kappa shape index (κ1) is 9.97. The van der Waals surface area contributed by atoms with Crippen molar-refractivity contribution in [2.24, 2.45) is 5.10 Å². The summed E-state index contributed by atoms with van der Waals surface area (Å²) >= 11 is 0. The molecule has 0 spiro atoms. The van der Waals surface area contributed by atoms with Crippen molar-refractivity contribution in [3.8, 4) is 17.2 Å². The van der Waals surface area contributed by atoms with E-state index in [0.717, 1.165) is 0 Å². The molecule has 2 aromatic rings. The molecule has 0 radical (unpaired) electrons. The first-order valence-electron chi connectivity index (χ1n) is 4.31. The molecule has 1 aromatic carbocycles. The quantitative estimate of drug-likeness (QED) is 0.498. The molecule has 2 rings (SSSR count). The molecule has 0 saturated carbocycles. The number of nitrogens with zero attached hydrogens (tertiary/aromatic N) is 4. The standard InChI is InChI=1S/C9H8N4O3/c14-7-2-1-6(8(15)9(7)16)3-12-13-4-10-11-5-13/h1-5,14-16H/b12-3-. The van der Waals surface area contributed by atoms with Gasteiger partial charge in [-0.3, -0.25) is 0 Å². The fourth-order valence-electron chi connectivity index (χ4n) is 1.07. The second kappa shape index (κ2) is 3.89. The zero-order chi connectivity index (χ0) is 11.5. The van der Waals surface area contributed by atoms with E-state index in [2.05, 4.69) is 15.3 Å². The summed E-state index contributed by atoms with van der Waals surface area (Å²) in [5.41, 5.74) is 0.268. The highest BCUT2D eigenvalue weighted by atomic mass is 16.3. The zero-order valence-corrected chi connectivity index (χ0v) is 8.02. The Kier molecular flexibility index (Phi) is 2.42. The molecule has 1 aromatic heterocycles. The topological polar surface area (TPSA) is 104 Å². The van der Waals surface area contributed by atoms with Gasteiger partial charge in [-0.1, -0.05) is 0 Å². The average Bonchev–Trinajstić information content (AvgIpc) is 2.78. The summed E-state index contributed by atoms with van der Waals surface area (Å²) in [5, 5.41) is 38.8. The van der Waals surface area contributed by atoms with Crippen molar-refractivity contribution in [3.63, 3.8) is 0 Å². The predicted molar refractivity (Wildman–Crippen MR) is 54.5 cm³/mol. The second-order valence-electron chi connectivity index (χ2n) is 2.96. The lowest BCUT2D eigenvalue weighted by molar-refractivity contribution is 0.367. The lowest BCUT2D eigenvalue weighted by Gasteiger charge is -2.02. The highest BCUT2D eigenvalue weighted by molar-refractivity contribution is 5.85. The molecule has 7 heteroatoms. The Labute approximate surface area is 89.9 Å². The van der Waals surface area contributed by atoms with Crippen LogP contribution in [0.5, 0.6) is 17.2 Å². The van der Waals surface area contributed by atoms with Crippen LogP contribution in [0.25, 0.3) is 0 Å². The first-order chi connectivity index (χ1) is 7.68. The van der Waals surface area contributed by atoms with Gasteiger partial charge in [0.05, 0.1) is 6.21 Å². The molecule has 82 valence electrons. The van der Waals surface area contributed by atoms with Crippen LogP contribution in [-0.4, -0.2) is 36.4 Å². The van der Waals surface area contributed by atoms with Crippen molar-refractivity contribution in [2.75, 3.05) is 0 Å². The predicted octanol–water partition coefficient (Wildman–Crippen LogP) is 0.277. The molecular formula is C9H8N4O3. The van der Waals surface area contributed by atoms with Crippen LogP contribution in [0.2, 0.25) is 0 Å². The van der Waals surface area contributed by atoms with Gasteiger partial charge in [-0.25, -0.2) is 4.68 Å². The summed E-state index contributed by atoms with van der Waals surface area (Å²) in [6.07, 6.45) is 4.04. The molecule has 3 N–H and O–H groups in total. The maximum atomic E-state index is 9.47. The van der Waals surface area contributed by atoms with Crippen molar-refractivity contribution in [2.45, 2.75) is 0 Å². The van der Waals surface area contributed by atoms with Gasteiger partial charge < -0.3 is 15.3 Å². The van der Waals surface area contributed by atoms with E-state index in [-0.39, 0.29) is 11.3 Å². The summed E-state index contributed by atoms with van der Waals surface area (Å²) in [6.45, 7) is 0. The molecule has 0 bridgehead atoms. The van der Waals surface area contributed by atoms with Crippen LogP contribution >= 0.6 is 0 Å². The van der Waals surface area contributed by atoms with Gasteiger partial charge in [0.25, 0.3) is 0 Å². The van der Waals surface area contributed by atoms with Crippen LogP contribution in [0, 0.1) is 0 Å². The van der Waals surface area contributed by atoms with E-state index in [1.165, 1.54) is 35.7 Å². The average molecular weight is 220 g/mol.